The van der Waals surface area contributed by atoms with Crippen LogP contribution in [-0.4, -0.2) is 47.2 Å². The molecule has 134 valence electrons. The van der Waals surface area contributed by atoms with Gasteiger partial charge < -0.3 is 30.7 Å². The number of carboxylic acid groups (broad SMARTS) is 1. The van der Waals surface area contributed by atoms with Crippen molar-refractivity contribution in [2.24, 2.45) is 0 Å². The van der Waals surface area contributed by atoms with Crippen LogP contribution < -0.4 is 10.6 Å². The molecule has 0 saturated carbocycles. The average molecular weight is 340 g/mol. The minimum atomic E-state index is -1.01. The predicted octanol–water partition coefficient (Wildman–Crippen LogP) is 2.19. The molecule has 0 saturated heterocycles. The van der Waals surface area contributed by atoms with E-state index < -0.39 is 12.2 Å². The standard InChI is InChI=1S/C16H24N2O6/c19-13-6-5-12(11-14(13)20)7-10-24-16(23)18-9-4-2-1-3-8-17-15(21)22/h5-6,11,17,19-20H,1-4,7-10H2,(H,18,23)(H,21,22). The number of rotatable bonds is 10. The molecule has 2 amide bonds. The van der Waals surface area contributed by atoms with E-state index >= 15 is 0 Å². The summed E-state index contributed by atoms with van der Waals surface area (Å²) in [7, 11) is 0. The molecule has 0 aliphatic rings. The van der Waals surface area contributed by atoms with Crippen molar-refractivity contribution in [3.05, 3.63) is 23.8 Å². The van der Waals surface area contributed by atoms with Crippen LogP contribution in [-0.2, 0) is 11.2 Å². The molecule has 0 unspecified atom stereocenters. The number of hydrogen-bond donors (Lipinski definition) is 5. The second-order valence-corrected chi connectivity index (χ2v) is 5.28. The Kier molecular flexibility index (Phi) is 8.88. The van der Waals surface area contributed by atoms with E-state index in [1.807, 2.05) is 0 Å². The molecule has 0 heterocycles. The van der Waals surface area contributed by atoms with E-state index in [2.05, 4.69) is 10.6 Å². The molecule has 0 aliphatic heterocycles. The highest BCUT2D eigenvalue weighted by Crippen LogP contribution is 2.24. The molecule has 0 fully saturated rings. The van der Waals surface area contributed by atoms with Crippen molar-refractivity contribution in [3.63, 3.8) is 0 Å². The first-order valence-corrected chi connectivity index (χ1v) is 7.87. The van der Waals surface area contributed by atoms with Crippen molar-refractivity contribution in [2.45, 2.75) is 32.1 Å². The third-order valence-corrected chi connectivity index (χ3v) is 3.31. The molecular formula is C16H24N2O6. The van der Waals surface area contributed by atoms with Crippen LogP contribution in [0.1, 0.15) is 31.2 Å². The molecule has 0 atom stereocenters. The summed E-state index contributed by atoms with van der Waals surface area (Å²) in [6.07, 6.45) is 2.30. The number of hydrogen-bond acceptors (Lipinski definition) is 5. The van der Waals surface area contributed by atoms with Crippen LogP contribution in [0.4, 0.5) is 9.59 Å². The summed E-state index contributed by atoms with van der Waals surface area (Å²) in [4.78, 5) is 21.7. The maximum Gasteiger partial charge on any atom is 0.407 e. The first-order chi connectivity index (χ1) is 11.5. The number of unbranched alkanes of at least 4 members (excludes halogenated alkanes) is 3. The van der Waals surface area contributed by atoms with Crippen LogP contribution in [0, 0.1) is 0 Å². The van der Waals surface area contributed by atoms with Crippen LogP contribution in [0.25, 0.3) is 0 Å². The fraction of sp³-hybridized carbons (Fsp3) is 0.500. The van der Waals surface area contributed by atoms with Gasteiger partial charge in [-0.15, -0.1) is 0 Å². The predicted molar refractivity (Wildman–Crippen MR) is 87.3 cm³/mol. The van der Waals surface area contributed by atoms with Gasteiger partial charge in [-0.05, 0) is 30.5 Å². The Morgan fingerprint density at radius 2 is 1.62 bits per heavy atom. The Bertz CT molecular complexity index is 535. The zero-order chi connectivity index (χ0) is 17.8. The quantitative estimate of drug-likeness (QED) is 0.328. The Labute approximate surface area is 140 Å². The Hall–Kier alpha value is -2.64. The fourth-order valence-electron chi connectivity index (χ4n) is 2.03. The number of alkyl carbamates (subject to hydrolysis) is 1. The molecule has 8 heteroatoms. The molecule has 1 aromatic carbocycles. The highest BCUT2D eigenvalue weighted by atomic mass is 16.5. The third kappa shape index (κ3) is 8.72. The summed E-state index contributed by atoms with van der Waals surface area (Å²) in [5, 5.41) is 31.9. The summed E-state index contributed by atoms with van der Waals surface area (Å²) < 4.78 is 5.02. The van der Waals surface area contributed by atoms with Crippen LogP contribution in [0.15, 0.2) is 18.2 Å². The van der Waals surface area contributed by atoms with Gasteiger partial charge in [0, 0.05) is 19.5 Å². The number of benzene rings is 1. The second-order valence-electron chi connectivity index (χ2n) is 5.28. The summed E-state index contributed by atoms with van der Waals surface area (Å²) >= 11 is 0. The lowest BCUT2D eigenvalue weighted by atomic mass is 10.1. The van der Waals surface area contributed by atoms with E-state index in [0.717, 1.165) is 31.2 Å². The first kappa shape index (κ1) is 19.4. The zero-order valence-electron chi connectivity index (χ0n) is 13.5. The molecule has 0 aliphatic carbocycles. The van der Waals surface area contributed by atoms with Crippen molar-refractivity contribution < 1.29 is 29.6 Å². The minimum Gasteiger partial charge on any atom is -0.504 e. The molecule has 0 aromatic heterocycles. The fourth-order valence-corrected chi connectivity index (χ4v) is 2.03. The van der Waals surface area contributed by atoms with Gasteiger partial charge in [0.25, 0.3) is 0 Å². The van der Waals surface area contributed by atoms with Gasteiger partial charge in [0.1, 0.15) is 0 Å². The van der Waals surface area contributed by atoms with Gasteiger partial charge in [0.15, 0.2) is 11.5 Å². The number of carbonyl (C=O) groups excluding carboxylic acids is 1. The van der Waals surface area contributed by atoms with Crippen molar-refractivity contribution >= 4 is 12.2 Å². The lowest BCUT2D eigenvalue weighted by molar-refractivity contribution is 0.147. The number of nitrogens with one attached hydrogen (secondary N) is 2. The summed E-state index contributed by atoms with van der Waals surface area (Å²) in [6, 6.07) is 4.46. The van der Waals surface area contributed by atoms with Crippen molar-refractivity contribution in [2.75, 3.05) is 19.7 Å². The molecule has 0 radical (unpaired) electrons. The maximum absolute atomic E-state index is 11.5. The lowest BCUT2D eigenvalue weighted by Crippen LogP contribution is -2.26. The molecule has 1 aromatic rings. The topological polar surface area (TPSA) is 128 Å². The monoisotopic (exact) mass is 340 g/mol. The highest BCUT2D eigenvalue weighted by molar-refractivity contribution is 5.67. The van der Waals surface area contributed by atoms with Gasteiger partial charge in [-0.3, -0.25) is 0 Å². The molecule has 24 heavy (non-hydrogen) atoms. The van der Waals surface area contributed by atoms with Crippen LogP contribution in [0.3, 0.4) is 0 Å². The molecule has 1 rings (SSSR count). The van der Waals surface area contributed by atoms with Gasteiger partial charge >= 0.3 is 12.2 Å². The molecule has 0 bridgehead atoms. The van der Waals surface area contributed by atoms with Gasteiger partial charge in [-0.2, -0.15) is 0 Å². The normalized spacial score (nSPS) is 10.2. The summed E-state index contributed by atoms with van der Waals surface area (Å²) in [6.45, 7) is 1.12. The number of aromatic hydroxyl groups is 2. The molecule has 8 nitrogen and oxygen atoms in total. The summed E-state index contributed by atoms with van der Waals surface area (Å²) in [5.41, 5.74) is 0.757. The number of ether oxygens (including phenoxy) is 1. The van der Waals surface area contributed by atoms with Gasteiger partial charge in [-0.25, -0.2) is 9.59 Å². The van der Waals surface area contributed by atoms with Crippen molar-refractivity contribution in [1.82, 2.24) is 10.6 Å². The van der Waals surface area contributed by atoms with E-state index in [4.69, 9.17) is 9.84 Å². The Balaban J connectivity index is 2.00. The molecule has 0 spiro atoms. The highest BCUT2D eigenvalue weighted by Gasteiger charge is 2.04. The van der Waals surface area contributed by atoms with E-state index in [1.165, 1.54) is 12.1 Å². The SMILES string of the molecule is O=C(O)NCCCCCCNC(=O)OCCc1ccc(O)c(O)c1. The minimum absolute atomic E-state index is 0.177. The van der Waals surface area contributed by atoms with E-state index in [-0.39, 0.29) is 18.1 Å². The van der Waals surface area contributed by atoms with Crippen LogP contribution in [0.5, 0.6) is 11.5 Å². The Morgan fingerprint density at radius 1 is 0.958 bits per heavy atom. The third-order valence-electron chi connectivity index (χ3n) is 3.31. The van der Waals surface area contributed by atoms with E-state index in [0.29, 0.717) is 19.5 Å². The van der Waals surface area contributed by atoms with E-state index in [9.17, 15) is 19.8 Å². The number of amides is 2. The lowest BCUT2D eigenvalue weighted by Gasteiger charge is -2.08. The molecular weight excluding hydrogens is 316 g/mol. The second kappa shape index (κ2) is 11.0. The smallest absolute Gasteiger partial charge is 0.407 e. The largest absolute Gasteiger partial charge is 0.504 e. The summed E-state index contributed by atoms with van der Waals surface area (Å²) in [5.74, 6) is -0.383. The first-order valence-electron chi connectivity index (χ1n) is 7.87. The zero-order valence-corrected chi connectivity index (χ0v) is 13.5. The number of phenols is 2. The number of phenolic OH excluding ortho intramolecular Hbond substituents is 2. The van der Waals surface area contributed by atoms with Crippen molar-refractivity contribution in [3.8, 4) is 11.5 Å². The average Bonchev–Trinajstić information content (AvgIpc) is 2.53. The maximum atomic E-state index is 11.5. The Morgan fingerprint density at radius 3 is 2.25 bits per heavy atom. The van der Waals surface area contributed by atoms with Gasteiger partial charge in [0.2, 0.25) is 0 Å². The van der Waals surface area contributed by atoms with Gasteiger partial charge in [0.05, 0.1) is 6.61 Å². The van der Waals surface area contributed by atoms with Gasteiger partial charge in [-0.1, -0.05) is 18.9 Å². The van der Waals surface area contributed by atoms with Crippen LogP contribution in [0.2, 0.25) is 0 Å². The van der Waals surface area contributed by atoms with Crippen LogP contribution >= 0.6 is 0 Å². The van der Waals surface area contributed by atoms with Crippen molar-refractivity contribution in [1.29, 1.82) is 0 Å². The van der Waals surface area contributed by atoms with E-state index in [1.54, 1.807) is 6.07 Å². The number of carbonyl (C=O) groups is 2. The molecule has 5 N–H and O–H groups in total.